The fourth-order valence-corrected chi connectivity index (χ4v) is 4.17. The van der Waals surface area contributed by atoms with Crippen LogP contribution in [0, 0.1) is 5.41 Å². The van der Waals surface area contributed by atoms with E-state index in [-0.39, 0.29) is 24.5 Å². The van der Waals surface area contributed by atoms with Crippen molar-refractivity contribution < 1.29 is 14.3 Å². The Labute approximate surface area is 221 Å². The third-order valence-corrected chi connectivity index (χ3v) is 6.18. The molecule has 0 saturated heterocycles. The van der Waals surface area contributed by atoms with Crippen LogP contribution < -0.4 is 10.2 Å². The van der Waals surface area contributed by atoms with Crippen LogP contribution >= 0.6 is 0 Å². The minimum Gasteiger partial charge on any atom is -0.377 e. The third kappa shape index (κ3) is 7.92. The van der Waals surface area contributed by atoms with Crippen molar-refractivity contribution in [1.82, 2.24) is 4.90 Å². The van der Waals surface area contributed by atoms with Gasteiger partial charge in [0.2, 0.25) is 11.8 Å². The molecule has 37 heavy (non-hydrogen) atoms. The molecule has 3 rings (SSSR count). The van der Waals surface area contributed by atoms with E-state index in [2.05, 4.69) is 12.2 Å². The molecule has 3 aromatic carbocycles. The summed E-state index contributed by atoms with van der Waals surface area (Å²) in [6.07, 6.45) is 0. The third-order valence-electron chi connectivity index (χ3n) is 6.18. The fraction of sp³-hybridized carbons (Fsp3) is 0.355. The normalized spacial score (nSPS) is 12.1. The van der Waals surface area contributed by atoms with E-state index in [0.29, 0.717) is 18.8 Å². The number of anilines is 2. The number of hydrogen-bond donors (Lipinski definition) is 1. The number of ether oxygens (including phenoxy) is 1. The van der Waals surface area contributed by atoms with Crippen molar-refractivity contribution in [1.29, 1.82) is 0 Å². The molecule has 0 bridgehead atoms. The van der Waals surface area contributed by atoms with Gasteiger partial charge >= 0.3 is 0 Å². The van der Waals surface area contributed by atoms with Gasteiger partial charge in [0, 0.05) is 37.4 Å². The molecule has 6 nitrogen and oxygen atoms in total. The number of nitrogens with zero attached hydrogens (tertiary/aromatic N) is 2. The number of carbonyl (C=O) groups excluding carboxylic acids is 2. The minimum atomic E-state index is -0.538. The van der Waals surface area contributed by atoms with E-state index in [4.69, 9.17) is 4.74 Å². The van der Waals surface area contributed by atoms with Gasteiger partial charge in [0.1, 0.15) is 6.61 Å². The quantitative estimate of drug-likeness (QED) is 0.368. The first-order chi connectivity index (χ1) is 17.6. The van der Waals surface area contributed by atoms with Gasteiger partial charge in [0.05, 0.1) is 12.6 Å². The highest BCUT2D eigenvalue weighted by Gasteiger charge is 2.31. The molecule has 0 heterocycles. The fourth-order valence-electron chi connectivity index (χ4n) is 4.17. The number of nitrogens with one attached hydrogen (secondary N) is 1. The first-order valence-corrected chi connectivity index (χ1v) is 12.6. The van der Waals surface area contributed by atoms with Crippen LogP contribution in [-0.4, -0.2) is 37.4 Å². The SMILES string of the molecule is CC(c1ccccc1)N(Cc1cc(NC(=O)COCc2ccccc2)ccc1N(C)C)C(=O)C(C)(C)C. The number of amides is 2. The minimum absolute atomic E-state index is 0.0423. The standard InChI is InChI=1S/C31H39N3O3/c1-23(25-15-11-8-12-16-25)34(30(36)31(2,3)4)20-26-19-27(17-18-28(26)33(5)6)32-29(35)22-37-21-24-13-9-7-10-14-24/h7-19,23H,20-22H2,1-6H3,(H,32,35). The predicted molar refractivity (Wildman–Crippen MR) is 150 cm³/mol. The maximum Gasteiger partial charge on any atom is 0.250 e. The van der Waals surface area contributed by atoms with Gasteiger partial charge in [-0.15, -0.1) is 0 Å². The summed E-state index contributed by atoms with van der Waals surface area (Å²) < 4.78 is 5.59. The summed E-state index contributed by atoms with van der Waals surface area (Å²) in [6.45, 7) is 8.63. The predicted octanol–water partition coefficient (Wildman–Crippen LogP) is 6.04. The largest absolute Gasteiger partial charge is 0.377 e. The van der Waals surface area contributed by atoms with Crippen LogP contribution in [0.2, 0.25) is 0 Å². The summed E-state index contributed by atoms with van der Waals surface area (Å²) in [6, 6.07) is 25.5. The second-order valence-corrected chi connectivity index (χ2v) is 10.5. The van der Waals surface area contributed by atoms with Gasteiger partial charge in [-0.3, -0.25) is 9.59 Å². The molecule has 0 spiro atoms. The zero-order valence-electron chi connectivity index (χ0n) is 22.8. The zero-order chi connectivity index (χ0) is 27.0. The van der Waals surface area contributed by atoms with Gasteiger partial charge in [-0.05, 0) is 41.8 Å². The van der Waals surface area contributed by atoms with Gasteiger partial charge in [-0.1, -0.05) is 81.4 Å². The molecule has 0 saturated carbocycles. The molecule has 0 aliphatic carbocycles. The highest BCUT2D eigenvalue weighted by Crippen LogP contribution is 2.32. The summed E-state index contributed by atoms with van der Waals surface area (Å²) in [5.74, 6) is -0.155. The molecule has 2 amide bonds. The van der Waals surface area contributed by atoms with E-state index in [1.54, 1.807) is 0 Å². The molecule has 1 unspecified atom stereocenters. The van der Waals surface area contributed by atoms with Crippen molar-refractivity contribution in [2.24, 2.45) is 5.41 Å². The molecule has 0 fully saturated rings. The van der Waals surface area contributed by atoms with Gasteiger partial charge in [0.15, 0.2) is 0 Å². The second-order valence-electron chi connectivity index (χ2n) is 10.5. The van der Waals surface area contributed by atoms with Crippen LogP contribution in [0.25, 0.3) is 0 Å². The first kappa shape index (κ1) is 27.9. The Balaban J connectivity index is 1.80. The highest BCUT2D eigenvalue weighted by molar-refractivity contribution is 5.92. The van der Waals surface area contributed by atoms with Crippen LogP contribution in [0.1, 0.15) is 50.4 Å². The number of rotatable bonds is 10. The number of carbonyl (C=O) groups is 2. The lowest BCUT2D eigenvalue weighted by molar-refractivity contribution is -0.142. The molecule has 1 atom stereocenters. The first-order valence-electron chi connectivity index (χ1n) is 12.6. The molecule has 3 aromatic rings. The maximum absolute atomic E-state index is 13.6. The van der Waals surface area contributed by atoms with E-state index in [1.807, 2.05) is 124 Å². The molecule has 0 aromatic heterocycles. The maximum atomic E-state index is 13.6. The topological polar surface area (TPSA) is 61.9 Å². The van der Waals surface area contributed by atoms with E-state index < -0.39 is 5.41 Å². The van der Waals surface area contributed by atoms with Crippen LogP contribution in [0.15, 0.2) is 78.9 Å². The van der Waals surface area contributed by atoms with Gasteiger partial charge in [-0.25, -0.2) is 0 Å². The molecule has 196 valence electrons. The van der Waals surface area contributed by atoms with Crippen LogP contribution in [0.4, 0.5) is 11.4 Å². The van der Waals surface area contributed by atoms with Crippen molar-refractivity contribution in [3.63, 3.8) is 0 Å². The summed E-state index contributed by atoms with van der Waals surface area (Å²) in [5.41, 5.74) is 4.17. The molecule has 0 aliphatic rings. The molecular formula is C31H39N3O3. The van der Waals surface area contributed by atoms with Crippen LogP contribution in [0.5, 0.6) is 0 Å². The monoisotopic (exact) mass is 501 g/mol. The van der Waals surface area contributed by atoms with E-state index in [0.717, 1.165) is 22.4 Å². The summed E-state index contributed by atoms with van der Waals surface area (Å²) in [5, 5.41) is 2.94. The second kappa shape index (κ2) is 12.5. The molecule has 0 aliphatic heterocycles. The Bertz CT molecular complexity index is 1170. The Hall–Kier alpha value is -3.64. The van der Waals surface area contributed by atoms with Crippen molar-refractivity contribution >= 4 is 23.2 Å². The Morgan fingerprint density at radius 2 is 1.54 bits per heavy atom. The van der Waals surface area contributed by atoms with E-state index in [9.17, 15) is 9.59 Å². The smallest absolute Gasteiger partial charge is 0.250 e. The lowest BCUT2D eigenvalue weighted by Crippen LogP contribution is -2.40. The van der Waals surface area contributed by atoms with Gasteiger partial charge < -0.3 is 19.9 Å². The van der Waals surface area contributed by atoms with E-state index >= 15 is 0 Å². The van der Waals surface area contributed by atoms with Crippen molar-refractivity contribution in [2.45, 2.75) is 46.9 Å². The number of benzene rings is 3. The molecular weight excluding hydrogens is 462 g/mol. The molecule has 6 heteroatoms. The Morgan fingerprint density at radius 1 is 0.919 bits per heavy atom. The van der Waals surface area contributed by atoms with Crippen LogP contribution in [-0.2, 0) is 27.5 Å². The van der Waals surface area contributed by atoms with Crippen molar-refractivity contribution in [2.75, 3.05) is 30.9 Å². The average Bonchev–Trinajstić information content (AvgIpc) is 2.87. The van der Waals surface area contributed by atoms with Crippen molar-refractivity contribution in [3.05, 3.63) is 95.6 Å². The van der Waals surface area contributed by atoms with Gasteiger partial charge in [0.25, 0.3) is 0 Å². The Morgan fingerprint density at radius 3 is 2.14 bits per heavy atom. The summed E-state index contributed by atoms with van der Waals surface area (Å²) in [4.78, 5) is 30.1. The highest BCUT2D eigenvalue weighted by atomic mass is 16.5. The molecule has 1 N–H and O–H groups in total. The summed E-state index contributed by atoms with van der Waals surface area (Å²) >= 11 is 0. The lowest BCUT2D eigenvalue weighted by Gasteiger charge is -2.35. The summed E-state index contributed by atoms with van der Waals surface area (Å²) in [7, 11) is 3.95. The van der Waals surface area contributed by atoms with E-state index in [1.165, 1.54) is 0 Å². The number of hydrogen-bond acceptors (Lipinski definition) is 4. The van der Waals surface area contributed by atoms with Crippen molar-refractivity contribution in [3.8, 4) is 0 Å². The van der Waals surface area contributed by atoms with Crippen LogP contribution in [0.3, 0.4) is 0 Å². The average molecular weight is 502 g/mol. The molecule has 0 radical (unpaired) electrons. The van der Waals surface area contributed by atoms with Gasteiger partial charge in [-0.2, -0.15) is 0 Å². The Kier molecular flexibility index (Phi) is 9.48. The zero-order valence-corrected chi connectivity index (χ0v) is 22.8. The lowest BCUT2D eigenvalue weighted by atomic mass is 9.92.